The molecule has 1 aromatic rings. The molecule has 13 heteroatoms. The first kappa shape index (κ1) is 22.1. The fourth-order valence-electron chi connectivity index (χ4n) is 3.17. The molecule has 10 nitrogen and oxygen atoms in total. The van der Waals surface area contributed by atoms with Crippen molar-refractivity contribution in [2.75, 3.05) is 12.4 Å². The fourth-order valence-corrected chi connectivity index (χ4v) is 5.42. The first-order valence-electron chi connectivity index (χ1n) is 8.50. The molecule has 0 saturated carbocycles. The van der Waals surface area contributed by atoms with Gasteiger partial charge >= 0.3 is 17.3 Å². The van der Waals surface area contributed by atoms with Crippen molar-refractivity contribution in [1.82, 2.24) is 15.5 Å². The van der Waals surface area contributed by atoms with Gasteiger partial charge in [-0.05, 0) is 23.0 Å². The van der Waals surface area contributed by atoms with E-state index < -0.39 is 40.2 Å². The van der Waals surface area contributed by atoms with Crippen molar-refractivity contribution in [2.24, 2.45) is 0 Å². The number of hydrogen-bond acceptors (Lipinski definition) is 8. The first-order valence-corrected chi connectivity index (χ1v) is 10.8. The quantitative estimate of drug-likeness (QED) is 0.174. The van der Waals surface area contributed by atoms with Crippen LogP contribution in [0.25, 0.3) is 0 Å². The van der Waals surface area contributed by atoms with Crippen molar-refractivity contribution < 1.29 is 33.8 Å². The van der Waals surface area contributed by atoms with Gasteiger partial charge in [0.25, 0.3) is 5.91 Å². The Morgan fingerprint density at radius 2 is 2.10 bits per heavy atom. The summed E-state index contributed by atoms with van der Waals surface area (Å²) < 4.78 is 4.87. The van der Waals surface area contributed by atoms with Crippen LogP contribution in [0.15, 0.2) is 28.8 Å². The SMILES string of the molecule is CC(=O)OCC1=C(C(=O)O)N2C(=O)[C@](NC(=O)Cl)(NC(=O)Cc3cccs3)[C@H]2SC1. The van der Waals surface area contributed by atoms with Crippen LogP contribution in [0.1, 0.15) is 11.8 Å². The van der Waals surface area contributed by atoms with Crippen LogP contribution in [-0.2, 0) is 30.3 Å². The maximum absolute atomic E-state index is 13.0. The molecule has 3 N–H and O–H groups in total. The van der Waals surface area contributed by atoms with E-state index in [0.29, 0.717) is 0 Å². The van der Waals surface area contributed by atoms with E-state index in [1.807, 2.05) is 0 Å². The lowest BCUT2D eigenvalue weighted by atomic mass is 9.94. The van der Waals surface area contributed by atoms with Crippen LogP contribution in [0, 0.1) is 0 Å². The summed E-state index contributed by atoms with van der Waals surface area (Å²) in [5.74, 6) is -3.29. The number of nitrogens with one attached hydrogen (secondary N) is 2. The molecule has 0 aromatic carbocycles. The summed E-state index contributed by atoms with van der Waals surface area (Å²) in [5, 5.41) is 14.2. The predicted molar refractivity (Wildman–Crippen MR) is 108 cm³/mol. The molecule has 3 amide bonds. The Hall–Kier alpha value is -2.57. The van der Waals surface area contributed by atoms with E-state index >= 15 is 0 Å². The molecule has 0 bridgehead atoms. The number of β-lactam (4-membered cyclic amide) rings is 1. The third-order valence-electron chi connectivity index (χ3n) is 4.35. The minimum absolute atomic E-state index is 0.0262. The summed E-state index contributed by atoms with van der Waals surface area (Å²) in [6.07, 6.45) is -0.0262. The third kappa shape index (κ3) is 4.16. The molecule has 0 unspecified atom stereocenters. The highest BCUT2D eigenvalue weighted by Gasteiger charge is 2.66. The van der Waals surface area contributed by atoms with Gasteiger partial charge in [-0.2, -0.15) is 0 Å². The van der Waals surface area contributed by atoms with Crippen LogP contribution in [-0.4, -0.2) is 62.5 Å². The lowest BCUT2D eigenvalue weighted by molar-refractivity contribution is -0.160. The highest BCUT2D eigenvalue weighted by molar-refractivity contribution is 8.00. The molecule has 1 saturated heterocycles. The van der Waals surface area contributed by atoms with Crippen molar-refractivity contribution in [1.29, 1.82) is 0 Å². The van der Waals surface area contributed by atoms with Crippen molar-refractivity contribution in [2.45, 2.75) is 24.4 Å². The molecular weight excluding hydrogens is 458 g/mol. The molecule has 0 radical (unpaired) electrons. The Balaban J connectivity index is 1.88. The van der Waals surface area contributed by atoms with Crippen LogP contribution < -0.4 is 10.6 Å². The summed E-state index contributed by atoms with van der Waals surface area (Å²) in [7, 11) is 0. The van der Waals surface area contributed by atoms with Crippen LogP contribution in [0.5, 0.6) is 0 Å². The van der Waals surface area contributed by atoms with Gasteiger partial charge in [-0.3, -0.25) is 24.1 Å². The Labute approximate surface area is 183 Å². The molecule has 1 fully saturated rings. The predicted octanol–water partition coefficient (Wildman–Crippen LogP) is 0.868. The summed E-state index contributed by atoms with van der Waals surface area (Å²) in [6.45, 7) is 0.888. The maximum Gasteiger partial charge on any atom is 0.352 e. The van der Waals surface area contributed by atoms with Crippen molar-refractivity contribution >= 4 is 63.8 Å². The van der Waals surface area contributed by atoms with Gasteiger partial charge in [0.05, 0.1) is 6.42 Å². The molecule has 0 aliphatic carbocycles. The number of esters is 1. The van der Waals surface area contributed by atoms with Crippen molar-refractivity contribution in [3.05, 3.63) is 33.7 Å². The number of fused-ring (bicyclic) bond motifs is 1. The second-order valence-corrected chi connectivity index (χ2v) is 8.83. The van der Waals surface area contributed by atoms with Crippen molar-refractivity contribution in [3.63, 3.8) is 0 Å². The monoisotopic (exact) mass is 473 g/mol. The zero-order valence-corrected chi connectivity index (χ0v) is 17.9. The Bertz CT molecular complexity index is 949. The van der Waals surface area contributed by atoms with Gasteiger partial charge in [0.15, 0.2) is 0 Å². The minimum Gasteiger partial charge on any atom is -0.477 e. The second kappa shape index (κ2) is 8.66. The summed E-state index contributed by atoms with van der Waals surface area (Å²) in [6, 6.07) is 3.51. The second-order valence-electron chi connectivity index (χ2n) is 6.39. The summed E-state index contributed by atoms with van der Waals surface area (Å²) >= 11 is 7.90. The number of halogens is 1. The number of aliphatic carboxylic acids is 1. The zero-order chi connectivity index (χ0) is 22.1. The number of carboxylic acids is 1. The number of ether oxygens (including phenoxy) is 1. The van der Waals surface area contributed by atoms with Crippen LogP contribution >= 0.6 is 34.7 Å². The molecule has 1 aromatic heterocycles. The number of rotatable bonds is 7. The zero-order valence-electron chi connectivity index (χ0n) is 15.5. The topological polar surface area (TPSA) is 142 Å². The summed E-state index contributed by atoms with van der Waals surface area (Å²) in [5.41, 5.74) is -2.01. The van der Waals surface area contributed by atoms with Gasteiger partial charge in [-0.25, -0.2) is 4.79 Å². The molecule has 2 atom stereocenters. The number of amides is 3. The molecular formula is C17H16ClN3O7S2. The minimum atomic E-state index is -1.88. The van der Waals surface area contributed by atoms with Gasteiger partial charge in [-0.15, -0.1) is 23.1 Å². The van der Waals surface area contributed by atoms with Gasteiger partial charge in [0.1, 0.15) is 17.7 Å². The lowest BCUT2D eigenvalue weighted by Gasteiger charge is -2.56. The molecule has 3 heterocycles. The average Bonchev–Trinajstić information content (AvgIpc) is 3.16. The van der Waals surface area contributed by atoms with Gasteiger partial charge in [-0.1, -0.05) is 6.07 Å². The van der Waals surface area contributed by atoms with E-state index in [-0.39, 0.29) is 30.1 Å². The van der Waals surface area contributed by atoms with E-state index in [1.165, 1.54) is 18.3 Å². The Morgan fingerprint density at radius 3 is 2.67 bits per heavy atom. The molecule has 2 aliphatic rings. The number of carbonyl (C=O) groups is 5. The number of carbonyl (C=O) groups excluding carboxylic acids is 4. The highest BCUT2D eigenvalue weighted by Crippen LogP contribution is 2.45. The van der Waals surface area contributed by atoms with E-state index in [1.54, 1.807) is 17.5 Å². The Morgan fingerprint density at radius 1 is 1.37 bits per heavy atom. The number of hydrogen-bond donors (Lipinski definition) is 3. The van der Waals surface area contributed by atoms with Crippen LogP contribution in [0.4, 0.5) is 4.79 Å². The van der Waals surface area contributed by atoms with Gasteiger partial charge in [0, 0.05) is 23.1 Å². The third-order valence-corrected chi connectivity index (χ3v) is 6.72. The van der Waals surface area contributed by atoms with Crippen LogP contribution in [0.3, 0.4) is 0 Å². The Kier molecular flexibility index (Phi) is 6.38. The fraction of sp³-hybridized carbons (Fsp3) is 0.353. The normalized spacial score (nSPS) is 22.7. The number of nitrogens with zero attached hydrogens (tertiary/aromatic N) is 1. The first-order chi connectivity index (χ1) is 14.2. The smallest absolute Gasteiger partial charge is 0.352 e. The molecule has 2 aliphatic heterocycles. The van der Waals surface area contributed by atoms with Crippen molar-refractivity contribution in [3.8, 4) is 0 Å². The van der Waals surface area contributed by atoms with Crippen LogP contribution in [0.2, 0.25) is 0 Å². The van der Waals surface area contributed by atoms with E-state index in [9.17, 15) is 29.1 Å². The van der Waals surface area contributed by atoms with E-state index in [4.69, 9.17) is 16.3 Å². The number of carboxylic acid groups (broad SMARTS) is 1. The van der Waals surface area contributed by atoms with E-state index in [0.717, 1.165) is 21.5 Å². The standard InChI is InChI=1S/C17H16ClN3O7S2/c1-8(22)28-6-9-7-30-15-17(20-16(18)27,14(26)21(15)12(9)13(24)25)19-11(23)5-10-3-2-4-29-10/h2-4,15H,5-7H2,1H3,(H,19,23)(H,20,27)(H,24,25)/t15-,17-/m1/s1. The van der Waals surface area contributed by atoms with E-state index in [2.05, 4.69) is 10.6 Å². The largest absolute Gasteiger partial charge is 0.477 e. The average molecular weight is 474 g/mol. The molecule has 3 rings (SSSR count). The summed E-state index contributed by atoms with van der Waals surface area (Å²) in [4.78, 5) is 61.7. The maximum atomic E-state index is 13.0. The lowest BCUT2D eigenvalue weighted by Crippen LogP contribution is -2.85. The molecule has 0 spiro atoms. The number of thiophene rings is 1. The number of thioether (sulfide) groups is 1. The molecule has 30 heavy (non-hydrogen) atoms. The highest BCUT2D eigenvalue weighted by atomic mass is 35.5. The van der Waals surface area contributed by atoms with Gasteiger partial charge < -0.3 is 20.5 Å². The van der Waals surface area contributed by atoms with Gasteiger partial charge in [0.2, 0.25) is 11.6 Å². The molecule has 160 valence electrons.